The Bertz CT molecular complexity index is 776. The molecular weight excluding hydrogens is 475 g/mol. The Morgan fingerprint density at radius 2 is 1.03 bits per heavy atom. The maximum atomic E-state index is 11.6. The van der Waals surface area contributed by atoms with Gasteiger partial charge in [-0.15, -0.1) is 15.2 Å². The summed E-state index contributed by atoms with van der Waals surface area (Å²) in [5.41, 5.74) is 0.784. The summed E-state index contributed by atoms with van der Waals surface area (Å²) >= 11 is 12.7. The number of hydrogen-bond acceptors (Lipinski definition) is 10. The van der Waals surface area contributed by atoms with Gasteiger partial charge in [0.15, 0.2) is 0 Å². The number of carbonyl (C=O) groups is 3. The highest BCUT2D eigenvalue weighted by Crippen LogP contribution is 2.25. The van der Waals surface area contributed by atoms with Crippen LogP contribution in [-0.2, 0) is 35.4 Å². The number of carbonyl (C=O) groups excluding carboxylic acids is 3. The van der Waals surface area contributed by atoms with Crippen molar-refractivity contribution >= 4 is 41.1 Å². The molecule has 1 heterocycles. The molecule has 10 nitrogen and oxygen atoms in total. The normalized spacial score (nSPS) is 18.1. The van der Waals surface area contributed by atoms with E-state index in [4.69, 9.17) is 37.7 Å². The second-order valence-corrected chi connectivity index (χ2v) is 8.33. The number of benzene rings is 1. The van der Waals surface area contributed by atoms with Gasteiger partial charge in [-0.1, -0.05) is 29.3 Å². The molecular formula is C21H30Cl2N4O6. The molecule has 2 rings (SSSR count). The summed E-state index contributed by atoms with van der Waals surface area (Å²) in [7, 11) is 0. The van der Waals surface area contributed by atoms with E-state index >= 15 is 0 Å². The van der Waals surface area contributed by atoms with Crippen LogP contribution in [0.15, 0.2) is 18.2 Å². The lowest BCUT2D eigenvalue weighted by Gasteiger charge is -2.32. The number of halogens is 2. The van der Waals surface area contributed by atoms with E-state index in [0.29, 0.717) is 55.9 Å². The van der Waals surface area contributed by atoms with Gasteiger partial charge >= 0.3 is 17.9 Å². The molecule has 0 radical (unpaired) electrons. The van der Waals surface area contributed by atoms with Crippen LogP contribution in [0.25, 0.3) is 0 Å². The molecule has 0 spiro atoms. The Morgan fingerprint density at radius 3 is 1.36 bits per heavy atom. The molecule has 1 saturated heterocycles. The third kappa shape index (κ3) is 10.2. The first-order chi connectivity index (χ1) is 15.6. The van der Waals surface area contributed by atoms with Crippen LogP contribution in [0.1, 0.15) is 26.3 Å². The molecule has 0 atom stereocenters. The summed E-state index contributed by atoms with van der Waals surface area (Å²) in [6, 6.07) is 5.34. The Hall–Kier alpha value is -1.95. The van der Waals surface area contributed by atoms with Gasteiger partial charge < -0.3 is 14.5 Å². The van der Waals surface area contributed by atoms with Crippen molar-refractivity contribution in [1.82, 2.24) is 20.1 Å². The lowest BCUT2D eigenvalue weighted by atomic mass is 10.2. The molecule has 0 saturated carbocycles. The summed E-state index contributed by atoms with van der Waals surface area (Å²) in [5, 5.41) is 5.63. The fraction of sp³-hybridized carbons (Fsp3) is 0.571. The minimum atomic E-state index is -0.469. The number of rotatable bonds is 5. The molecule has 33 heavy (non-hydrogen) atoms. The SMILES string of the molecule is CC(=O)ON1CCN(Cc2c(Cl)cccc2Cl)CCN(OC(C)=O)CCN(OC(C)=O)CC1. The Balaban J connectivity index is 2.21. The Labute approximate surface area is 203 Å². The molecule has 1 aliphatic rings. The molecule has 12 heteroatoms. The fourth-order valence-electron chi connectivity index (χ4n) is 3.28. The van der Waals surface area contributed by atoms with Crippen LogP contribution in [0.2, 0.25) is 10.0 Å². The molecule has 0 unspecified atom stereocenters. The molecule has 1 aromatic carbocycles. The van der Waals surface area contributed by atoms with Crippen molar-refractivity contribution in [2.45, 2.75) is 27.3 Å². The molecule has 0 aliphatic carbocycles. The first-order valence-corrected chi connectivity index (χ1v) is 11.3. The third-order valence-corrected chi connectivity index (χ3v) is 5.45. The summed E-state index contributed by atoms with van der Waals surface area (Å²) in [5.74, 6) is -1.35. The average Bonchev–Trinajstić information content (AvgIpc) is 2.71. The van der Waals surface area contributed by atoms with Crippen LogP contribution in [0.5, 0.6) is 0 Å². The van der Waals surface area contributed by atoms with Gasteiger partial charge in [0.1, 0.15) is 0 Å². The van der Waals surface area contributed by atoms with Crippen LogP contribution in [0.4, 0.5) is 0 Å². The minimum absolute atomic E-state index is 0.289. The summed E-state index contributed by atoms with van der Waals surface area (Å²) in [4.78, 5) is 52.7. The van der Waals surface area contributed by atoms with Crippen molar-refractivity contribution in [2.24, 2.45) is 0 Å². The fourth-order valence-corrected chi connectivity index (χ4v) is 3.80. The average molecular weight is 505 g/mol. The van der Waals surface area contributed by atoms with E-state index in [9.17, 15) is 14.4 Å². The quantitative estimate of drug-likeness (QED) is 0.593. The Morgan fingerprint density at radius 1 is 0.697 bits per heavy atom. The maximum Gasteiger partial charge on any atom is 0.322 e. The van der Waals surface area contributed by atoms with E-state index in [2.05, 4.69) is 4.90 Å². The van der Waals surface area contributed by atoms with Gasteiger partial charge in [0.25, 0.3) is 0 Å². The largest absolute Gasteiger partial charge is 0.368 e. The zero-order valence-corrected chi connectivity index (χ0v) is 20.6. The summed E-state index contributed by atoms with van der Waals surface area (Å²) in [6.07, 6.45) is 0. The number of nitrogens with zero attached hydrogens (tertiary/aromatic N) is 4. The summed E-state index contributed by atoms with van der Waals surface area (Å²) in [6.45, 7) is 7.42. The second kappa shape index (κ2) is 13.7. The molecule has 0 amide bonds. The van der Waals surface area contributed by atoms with Gasteiger partial charge in [-0.2, -0.15) is 0 Å². The van der Waals surface area contributed by atoms with Gasteiger partial charge in [-0.05, 0) is 12.1 Å². The highest BCUT2D eigenvalue weighted by atomic mass is 35.5. The summed E-state index contributed by atoms with van der Waals surface area (Å²) < 4.78 is 0. The topological polar surface area (TPSA) is 91.9 Å². The molecule has 1 aromatic rings. The maximum absolute atomic E-state index is 11.6. The zero-order chi connectivity index (χ0) is 24.4. The zero-order valence-electron chi connectivity index (χ0n) is 19.1. The van der Waals surface area contributed by atoms with Gasteiger partial charge in [-0.3, -0.25) is 19.3 Å². The Kier molecular flexibility index (Phi) is 11.3. The van der Waals surface area contributed by atoms with Crippen LogP contribution >= 0.6 is 23.2 Å². The van der Waals surface area contributed by atoms with E-state index < -0.39 is 17.9 Å². The van der Waals surface area contributed by atoms with E-state index in [-0.39, 0.29) is 13.1 Å². The van der Waals surface area contributed by atoms with E-state index in [1.54, 1.807) is 18.2 Å². The van der Waals surface area contributed by atoms with Crippen LogP contribution in [0, 0.1) is 0 Å². The molecule has 0 N–H and O–H groups in total. The molecule has 184 valence electrons. The van der Waals surface area contributed by atoms with Crippen molar-refractivity contribution in [3.05, 3.63) is 33.8 Å². The number of hydroxylamine groups is 6. The van der Waals surface area contributed by atoms with Crippen molar-refractivity contribution in [1.29, 1.82) is 0 Å². The predicted molar refractivity (Wildman–Crippen MR) is 122 cm³/mol. The first-order valence-electron chi connectivity index (χ1n) is 10.6. The lowest BCUT2D eigenvalue weighted by molar-refractivity contribution is -0.217. The van der Waals surface area contributed by atoms with Crippen molar-refractivity contribution in [3.63, 3.8) is 0 Å². The highest BCUT2D eigenvalue weighted by Gasteiger charge is 2.21. The smallest absolute Gasteiger partial charge is 0.322 e. The molecule has 0 aromatic heterocycles. The van der Waals surface area contributed by atoms with E-state index in [0.717, 1.165) is 5.56 Å². The lowest BCUT2D eigenvalue weighted by Crippen LogP contribution is -2.46. The third-order valence-electron chi connectivity index (χ3n) is 4.75. The molecule has 1 aliphatic heterocycles. The monoisotopic (exact) mass is 504 g/mol. The van der Waals surface area contributed by atoms with Crippen LogP contribution in [0.3, 0.4) is 0 Å². The van der Waals surface area contributed by atoms with Gasteiger partial charge in [0.05, 0.1) is 26.2 Å². The standard InChI is InChI=1S/C21H30Cl2N4O6/c1-16(28)31-25-9-7-24(15-19-20(22)5-4-6-21(19)23)8-10-26(32-17(2)29)12-14-27(13-11-25)33-18(3)30/h4-6H,7-15H2,1-3H3. The number of hydrogen-bond donors (Lipinski definition) is 0. The molecule has 0 bridgehead atoms. The van der Waals surface area contributed by atoms with E-state index in [1.165, 1.54) is 36.0 Å². The van der Waals surface area contributed by atoms with Gasteiger partial charge in [-0.25, -0.2) is 0 Å². The van der Waals surface area contributed by atoms with Crippen LogP contribution < -0.4 is 0 Å². The van der Waals surface area contributed by atoms with Gasteiger partial charge in [0, 0.05) is 69.1 Å². The first kappa shape index (κ1) is 27.3. The van der Waals surface area contributed by atoms with Crippen molar-refractivity contribution < 1.29 is 28.9 Å². The minimum Gasteiger partial charge on any atom is -0.368 e. The van der Waals surface area contributed by atoms with Crippen molar-refractivity contribution in [3.8, 4) is 0 Å². The van der Waals surface area contributed by atoms with Gasteiger partial charge in [0.2, 0.25) is 0 Å². The predicted octanol–water partition coefficient (Wildman–Crippen LogP) is 2.15. The molecule has 1 fully saturated rings. The second-order valence-electron chi connectivity index (χ2n) is 7.51. The van der Waals surface area contributed by atoms with Crippen LogP contribution in [-0.4, -0.2) is 90.4 Å². The van der Waals surface area contributed by atoms with Crippen molar-refractivity contribution in [2.75, 3.05) is 52.4 Å². The van der Waals surface area contributed by atoms with E-state index in [1.807, 2.05) is 0 Å². The highest BCUT2D eigenvalue weighted by molar-refractivity contribution is 6.35.